The van der Waals surface area contributed by atoms with E-state index in [0.717, 1.165) is 29.3 Å². The number of hydrogen-bond acceptors (Lipinski definition) is 3. The van der Waals surface area contributed by atoms with Crippen molar-refractivity contribution >= 4 is 11.6 Å². The van der Waals surface area contributed by atoms with Gasteiger partial charge in [-0.15, -0.1) is 0 Å². The SMILES string of the molecule is CC[C@@H]1CC(NC(=O)c2ccc(C(F)(F)F)[nH]c2=O)c2ccc(C)cc2N1. The van der Waals surface area contributed by atoms with E-state index in [0.29, 0.717) is 12.5 Å². The van der Waals surface area contributed by atoms with Crippen LogP contribution in [0.15, 0.2) is 35.1 Å². The van der Waals surface area contributed by atoms with E-state index in [1.807, 2.05) is 32.0 Å². The molecule has 1 unspecified atom stereocenters. The Bertz CT molecular complexity index is 921. The first-order chi connectivity index (χ1) is 12.7. The topological polar surface area (TPSA) is 74.0 Å². The number of alkyl halides is 3. The number of anilines is 1. The van der Waals surface area contributed by atoms with Crippen LogP contribution in [0.4, 0.5) is 18.9 Å². The molecule has 0 fully saturated rings. The summed E-state index contributed by atoms with van der Waals surface area (Å²) >= 11 is 0. The van der Waals surface area contributed by atoms with Crippen molar-refractivity contribution in [3.63, 3.8) is 0 Å². The molecule has 2 atom stereocenters. The predicted molar refractivity (Wildman–Crippen MR) is 95.8 cm³/mol. The molecule has 0 saturated carbocycles. The van der Waals surface area contributed by atoms with Gasteiger partial charge in [0.25, 0.3) is 11.5 Å². The smallest absolute Gasteiger partial charge is 0.382 e. The number of H-pyrrole nitrogens is 1. The third kappa shape index (κ3) is 3.99. The second kappa shape index (κ2) is 7.09. The number of rotatable bonds is 3. The number of pyridine rings is 1. The van der Waals surface area contributed by atoms with E-state index in [-0.39, 0.29) is 17.6 Å². The van der Waals surface area contributed by atoms with E-state index in [4.69, 9.17) is 0 Å². The van der Waals surface area contributed by atoms with Gasteiger partial charge in [-0.3, -0.25) is 9.59 Å². The molecule has 0 spiro atoms. The maximum absolute atomic E-state index is 12.7. The second-order valence-corrected chi connectivity index (χ2v) is 6.71. The summed E-state index contributed by atoms with van der Waals surface area (Å²) in [5.41, 5.74) is 0.289. The standard InChI is InChI=1S/C19H20F3N3O2/c1-3-11-9-15(12-5-4-10(2)8-14(12)23-11)24-17(26)13-6-7-16(19(20,21)22)25-18(13)27/h4-8,11,15,23H,3,9H2,1-2H3,(H,24,26)(H,25,27)/t11-,15?/m1/s1. The van der Waals surface area contributed by atoms with Crippen molar-refractivity contribution in [2.24, 2.45) is 0 Å². The average Bonchev–Trinajstić information content (AvgIpc) is 2.60. The molecule has 27 heavy (non-hydrogen) atoms. The van der Waals surface area contributed by atoms with Crippen LogP contribution in [0.1, 0.15) is 53.0 Å². The molecule has 3 rings (SSSR count). The number of halogens is 3. The van der Waals surface area contributed by atoms with Crippen molar-refractivity contribution in [3.8, 4) is 0 Å². The van der Waals surface area contributed by atoms with Gasteiger partial charge < -0.3 is 15.6 Å². The van der Waals surface area contributed by atoms with Gasteiger partial charge in [0.05, 0.1) is 6.04 Å². The van der Waals surface area contributed by atoms with Gasteiger partial charge in [0.15, 0.2) is 0 Å². The van der Waals surface area contributed by atoms with E-state index in [1.54, 1.807) is 4.98 Å². The van der Waals surface area contributed by atoms with Gasteiger partial charge in [0, 0.05) is 11.7 Å². The number of nitrogens with one attached hydrogen (secondary N) is 3. The Balaban J connectivity index is 1.87. The molecule has 2 heterocycles. The molecule has 0 saturated heterocycles. The van der Waals surface area contributed by atoms with Crippen LogP contribution in [0, 0.1) is 6.92 Å². The molecule has 8 heteroatoms. The summed E-state index contributed by atoms with van der Waals surface area (Å²) in [6.45, 7) is 3.99. The van der Waals surface area contributed by atoms with E-state index in [2.05, 4.69) is 10.6 Å². The second-order valence-electron chi connectivity index (χ2n) is 6.71. The number of aromatic nitrogens is 1. The van der Waals surface area contributed by atoms with Gasteiger partial charge in [-0.25, -0.2) is 0 Å². The van der Waals surface area contributed by atoms with Crippen molar-refractivity contribution in [1.82, 2.24) is 10.3 Å². The molecular formula is C19H20F3N3O2. The molecule has 2 aromatic rings. The number of aryl methyl sites for hydroxylation is 1. The van der Waals surface area contributed by atoms with Crippen molar-refractivity contribution in [2.45, 2.75) is 44.9 Å². The maximum Gasteiger partial charge on any atom is 0.431 e. The quantitative estimate of drug-likeness (QED) is 0.760. The fourth-order valence-corrected chi connectivity index (χ4v) is 3.25. The van der Waals surface area contributed by atoms with Crippen molar-refractivity contribution in [1.29, 1.82) is 0 Å². The molecule has 5 nitrogen and oxygen atoms in total. The van der Waals surface area contributed by atoms with Crippen LogP contribution in [-0.2, 0) is 6.18 Å². The highest BCUT2D eigenvalue weighted by Crippen LogP contribution is 2.34. The minimum absolute atomic E-state index is 0.149. The number of hydrogen-bond donors (Lipinski definition) is 3. The van der Waals surface area contributed by atoms with Crippen LogP contribution >= 0.6 is 0 Å². The lowest BCUT2D eigenvalue weighted by Crippen LogP contribution is -2.39. The van der Waals surface area contributed by atoms with Crippen LogP contribution in [-0.4, -0.2) is 16.9 Å². The Kier molecular flexibility index (Phi) is 4.99. The third-order valence-corrected chi connectivity index (χ3v) is 4.72. The van der Waals surface area contributed by atoms with Crippen molar-refractivity contribution in [2.75, 3.05) is 5.32 Å². The molecule has 144 valence electrons. The summed E-state index contributed by atoms with van der Waals surface area (Å²) < 4.78 is 38.0. The molecule has 0 radical (unpaired) electrons. The highest BCUT2D eigenvalue weighted by Gasteiger charge is 2.33. The first-order valence-corrected chi connectivity index (χ1v) is 8.67. The molecule has 1 amide bonds. The summed E-state index contributed by atoms with van der Waals surface area (Å²) in [5, 5.41) is 6.22. The highest BCUT2D eigenvalue weighted by atomic mass is 19.4. The Hall–Kier alpha value is -2.77. The van der Waals surface area contributed by atoms with E-state index in [1.165, 1.54) is 0 Å². The van der Waals surface area contributed by atoms with Crippen molar-refractivity contribution in [3.05, 3.63) is 63.1 Å². The summed E-state index contributed by atoms with van der Waals surface area (Å²) in [4.78, 5) is 26.2. The Labute approximate surface area is 154 Å². The van der Waals surface area contributed by atoms with Crippen LogP contribution in [0.3, 0.4) is 0 Å². The number of aromatic amines is 1. The van der Waals surface area contributed by atoms with Gasteiger partial charge in [0.1, 0.15) is 11.3 Å². The fourth-order valence-electron chi connectivity index (χ4n) is 3.25. The van der Waals surface area contributed by atoms with Gasteiger partial charge in [-0.2, -0.15) is 13.2 Å². The van der Waals surface area contributed by atoms with Crippen LogP contribution in [0.2, 0.25) is 0 Å². The average molecular weight is 379 g/mol. The van der Waals surface area contributed by atoms with Crippen LogP contribution < -0.4 is 16.2 Å². The molecule has 1 aliphatic rings. The minimum atomic E-state index is -4.67. The Morgan fingerprint density at radius 1 is 1.26 bits per heavy atom. The van der Waals surface area contributed by atoms with E-state index >= 15 is 0 Å². The van der Waals surface area contributed by atoms with Crippen LogP contribution in [0.25, 0.3) is 0 Å². The summed E-state index contributed by atoms with van der Waals surface area (Å²) in [6.07, 6.45) is -3.20. The van der Waals surface area contributed by atoms with Crippen molar-refractivity contribution < 1.29 is 18.0 Å². The Morgan fingerprint density at radius 2 is 2.00 bits per heavy atom. The summed E-state index contributed by atoms with van der Waals surface area (Å²) in [5.74, 6) is -0.696. The van der Waals surface area contributed by atoms with Gasteiger partial charge >= 0.3 is 6.18 Å². The lowest BCUT2D eigenvalue weighted by molar-refractivity contribution is -0.141. The minimum Gasteiger partial charge on any atom is -0.382 e. The zero-order valence-electron chi connectivity index (χ0n) is 14.9. The van der Waals surface area contributed by atoms with E-state index < -0.39 is 23.3 Å². The maximum atomic E-state index is 12.7. The molecule has 1 aromatic carbocycles. The zero-order valence-corrected chi connectivity index (χ0v) is 14.9. The van der Waals surface area contributed by atoms with E-state index in [9.17, 15) is 22.8 Å². The predicted octanol–water partition coefficient (Wildman–Crippen LogP) is 3.77. The molecular weight excluding hydrogens is 359 g/mol. The van der Waals surface area contributed by atoms with Gasteiger partial charge in [0.2, 0.25) is 0 Å². The number of benzene rings is 1. The summed E-state index contributed by atoms with van der Waals surface area (Å²) in [6, 6.07) is 7.25. The number of carbonyl (C=O) groups excluding carboxylic acids is 1. The number of fused-ring (bicyclic) bond motifs is 1. The number of carbonyl (C=O) groups is 1. The normalized spacial score (nSPS) is 19.1. The van der Waals surface area contributed by atoms with Gasteiger partial charge in [-0.05, 0) is 49.1 Å². The lowest BCUT2D eigenvalue weighted by atomic mass is 9.90. The monoisotopic (exact) mass is 379 g/mol. The zero-order chi connectivity index (χ0) is 19.8. The summed E-state index contributed by atoms with van der Waals surface area (Å²) in [7, 11) is 0. The molecule has 0 bridgehead atoms. The molecule has 1 aromatic heterocycles. The number of amides is 1. The molecule has 3 N–H and O–H groups in total. The van der Waals surface area contributed by atoms with Crippen LogP contribution in [0.5, 0.6) is 0 Å². The van der Waals surface area contributed by atoms with Gasteiger partial charge in [-0.1, -0.05) is 19.1 Å². The lowest BCUT2D eigenvalue weighted by Gasteiger charge is -2.33. The third-order valence-electron chi connectivity index (χ3n) is 4.72. The Morgan fingerprint density at radius 3 is 2.63 bits per heavy atom. The first-order valence-electron chi connectivity index (χ1n) is 8.67. The largest absolute Gasteiger partial charge is 0.431 e. The molecule has 1 aliphatic heterocycles. The fraction of sp³-hybridized carbons (Fsp3) is 0.368. The highest BCUT2D eigenvalue weighted by molar-refractivity contribution is 5.94. The first kappa shape index (κ1) is 19.0. The molecule has 0 aliphatic carbocycles.